The summed E-state index contributed by atoms with van der Waals surface area (Å²) in [6.07, 6.45) is 7.18. The highest BCUT2D eigenvalue weighted by Crippen LogP contribution is 2.35. The number of likely N-dealkylation sites (tertiary alicyclic amines) is 1. The van der Waals surface area contributed by atoms with Gasteiger partial charge in [-0.25, -0.2) is 0 Å². The molecule has 0 radical (unpaired) electrons. The molecule has 1 unspecified atom stereocenters. The van der Waals surface area contributed by atoms with Gasteiger partial charge in [0.15, 0.2) is 0 Å². The first-order valence-corrected chi connectivity index (χ1v) is 7.41. The van der Waals surface area contributed by atoms with E-state index in [1.54, 1.807) is 17.3 Å². The summed E-state index contributed by atoms with van der Waals surface area (Å²) in [5, 5.41) is 9.64. The van der Waals surface area contributed by atoms with Crippen molar-refractivity contribution in [1.82, 2.24) is 9.88 Å². The second kappa shape index (κ2) is 6.70. The molecule has 1 N–H and O–H groups in total. The van der Waals surface area contributed by atoms with Crippen LogP contribution < -0.4 is 0 Å². The first-order chi connectivity index (χ1) is 10.0. The van der Waals surface area contributed by atoms with Gasteiger partial charge in [-0.05, 0) is 49.8 Å². The Kier molecular flexibility index (Phi) is 4.94. The van der Waals surface area contributed by atoms with Crippen LogP contribution in [0.15, 0.2) is 24.5 Å². The number of piperidine rings is 1. The lowest BCUT2D eigenvalue weighted by molar-refractivity contribution is -0.155. The van der Waals surface area contributed by atoms with Crippen molar-refractivity contribution in [3.63, 3.8) is 0 Å². The maximum Gasteiger partial charge on any atom is 0.311 e. The molecule has 0 bridgehead atoms. The predicted molar refractivity (Wildman–Crippen MR) is 78.7 cm³/mol. The van der Waals surface area contributed by atoms with Gasteiger partial charge >= 0.3 is 5.97 Å². The van der Waals surface area contributed by atoms with Crippen molar-refractivity contribution in [3.05, 3.63) is 30.1 Å². The Morgan fingerprint density at radius 3 is 2.71 bits per heavy atom. The summed E-state index contributed by atoms with van der Waals surface area (Å²) < 4.78 is 0. The summed E-state index contributed by atoms with van der Waals surface area (Å²) in [5.41, 5.74) is 0.390. The molecule has 0 aliphatic carbocycles. The van der Waals surface area contributed by atoms with Gasteiger partial charge in [0, 0.05) is 32.4 Å². The van der Waals surface area contributed by atoms with Gasteiger partial charge in [0.25, 0.3) is 0 Å². The van der Waals surface area contributed by atoms with E-state index in [-0.39, 0.29) is 5.91 Å². The van der Waals surface area contributed by atoms with Crippen molar-refractivity contribution >= 4 is 11.9 Å². The lowest BCUT2D eigenvalue weighted by Crippen LogP contribution is -2.49. The van der Waals surface area contributed by atoms with Gasteiger partial charge in [0.1, 0.15) is 0 Å². The van der Waals surface area contributed by atoms with E-state index >= 15 is 0 Å². The number of rotatable bonds is 5. The van der Waals surface area contributed by atoms with E-state index in [0.29, 0.717) is 25.9 Å². The van der Waals surface area contributed by atoms with E-state index in [1.165, 1.54) is 12.5 Å². The fraction of sp³-hybridized carbons (Fsp3) is 0.562. The second-order valence-corrected chi connectivity index (χ2v) is 5.84. The molecule has 2 rings (SSSR count). The highest BCUT2D eigenvalue weighted by atomic mass is 16.4. The Morgan fingerprint density at radius 2 is 2.10 bits per heavy atom. The van der Waals surface area contributed by atoms with Crippen LogP contribution in [-0.2, 0) is 16.0 Å². The van der Waals surface area contributed by atoms with Crippen molar-refractivity contribution in [2.24, 2.45) is 5.41 Å². The van der Waals surface area contributed by atoms with Gasteiger partial charge in [0.05, 0.1) is 5.41 Å². The number of amides is 1. The lowest BCUT2D eigenvalue weighted by atomic mass is 9.75. The van der Waals surface area contributed by atoms with Crippen molar-refractivity contribution in [2.45, 2.75) is 39.0 Å². The summed E-state index contributed by atoms with van der Waals surface area (Å²) in [6, 6.07) is 3.91. The Bertz CT molecular complexity index is 504. The van der Waals surface area contributed by atoms with Crippen LogP contribution in [0.2, 0.25) is 0 Å². The quantitative estimate of drug-likeness (QED) is 0.901. The molecule has 0 saturated carbocycles. The molecule has 1 aromatic rings. The van der Waals surface area contributed by atoms with Crippen molar-refractivity contribution in [2.75, 3.05) is 13.1 Å². The molecule has 5 nitrogen and oxygen atoms in total. The molecule has 114 valence electrons. The zero-order valence-corrected chi connectivity index (χ0v) is 12.4. The Balaban J connectivity index is 1.98. The van der Waals surface area contributed by atoms with E-state index in [0.717, 1.165) is 19.3 Å². The topological polar surface area (TPSA) is 70.5 Å². The standard InChI is InChI=1S/C16H22N2O3/c1-13(19)18-11-3-8-16(12-18,15(20)21)7-2-4-14-5-9-17-10-6-14/h5-6,9-10H,2-4,7-8,11-12H2,1H3,(H,20,21). The highest BCUT2D eigenvalue weighted by molar-refractivity contribution is 5.78. The van der Waals surface area contributed by atoms with Crippen LogP contribution in [0.4, 0.5) is 0 Å². The number of pyridine rings is 1. The number of hydrogen-bond acceptors (Lipinski definition) is 3. The van der Waals surface area contributed by atoms with Crippen LogP contribution in [0.5, 0.6) is 0 Å². The van der Waals surface area contributed by atoms with Gasteiger partial charge < -0.3 is 10.0 Å². The number of hydrogen-bond donors (Lipinski definition) is 1. The molecule has 1 aliphatic heterocycles. The van der Waals surface area contributed by atoms with E-state index < -0.39 is 11.4 Å². The van der Waals surface area contributed by atoms with Gasteiger partial charge in [-0.15, -0.1) is 0 Å². The summed E-state index contributed by atoms with van der Waals surface area (Å²) in [5.74, 6) is -0.808. The fourth-order valence-corrected chi connectivity index (χ4v) is 3.07. The van der Waals surface area contributed by atoms with Crippen LogP contribution in [0, 0.1) is 5.41 Å². The number of carbonyl (C=O) groups is 2. The molecular formula is C16H22N2O3. The minimum atomic E-state index is -0.781. The fourth-order valence-electron chi connectivity index (χ4n) is 3.07. The zero-order valence-electron chi connectivity index (χ0n) is 12.4. The molecule has 1 fully saturated rings. The molecule has 0 aromatic carbocycles. The van der Waals surface area contributed by atoms with E-state index in [9.17, 15) is 14.7 Å². The van der Waals surface area contributed by atoms with Crippen LogP contribution in [-0.4, -0.2) is 40.0 Å². The minimum Gasteiger partial charge on any atom is -0.481 e. The molecule has 1 aliphatic rings. The largest absolute Gasteiger partial charge is 0.481 e. The molecule has 2 heterocycles. The lowest BCUT2D eigenvalue weighted by Gasteiger charge is -2.39. The third-order valence-electron chi connectivity index (χ3n) is 4.35. The normalized spacial score (nSPS) is 22.0. The number of carbonyl (C=O) groups excluding carboxylic acids is 1. The predicted octanol–water partition coefficient (Wildman–Crippen LogP) is 2.12. The molecule has 1 aromatic heterocycles. The van der Waals surface area contributed by atoms with Gasteiger partial charge in [-0.2, -0.15) is 0 Å². The first-order valence-electron chi connectivity index (χ1n) is 7.41. The van der Waals surface area contributed by atoms with E-state index in [1.807, 2.05) is 12.1 Å². The number of nitrogens with zero attached hydrogens (tertiary/aromatic N) is 2. The SMILES string of the molecule is CC(=O)N1CCCC(CCCc2ccncc2)(C(=O)O)C1. The third kappa shape index (κ3) is 3.80. The molecule has 1 amide bonds. The second-order valence-electron chi connectivity index (χ2n) is 5.84. The summed E-state index contributed by atoms with van der Waals surface area (Å²) in [4.78, 5) is 28.9. The third-order valence-corrected chi connectivity index (χ3v) is 4.35. The smallest absolute Gasteiger partial charge is 0.311 e. The monoisotopic (exact) mass is 290 g/mol. The molecule has 1 atom stereocenters. The average molecular weight is 290 g/mol. The van der Waals surface area contributed by atoms with Crippen LogP contribution >= 0.6 is 0 Å². The van der Waals surface area contributed by atoms with Crippen molar-refractivity contribution in [3.8, 4) is 0 Å². The number of carboxylic acids is 1. The van der Waals surface area contributed by atoms with Crippen molar-refractivity contribution < 1.29 is 14.7 Å². The maximum absolute atomic E-state index is 11.7. The maximum atomic E-state index is 11.7. The summed E-state index contributed by atoms with van der Waals surface area (Å²) in [7, 11) is 0. The van der Waals surface area contributed by atoms with Crippen LogP contribution in [0.1, 0.15) is 38.2 Å². The summed E-state index contributed by atoms with van der Waals surface area (Å²) >= 11 is 0. The molecule has 1 saturated heterocycles. The Hall–Kier alpha value is -1.91. The van der Waals surface area contributed by atoms with E-state index in [2.05, 4.69) is 4.98 Å². The number of aryl methyl sites for hydroxylation is 1. The number of carboxylic acid groups (broad SMARTS) is 1. The molecule has 21 heavy (non-hydrogen) atoms. The molecule has 0 spiro atoms. The molecular weight excluding hydrogens is 268 g/mol. The highest BCUT2D eigenvalue weighted by Gasteiger charge is 2.42. The van der Waals surface area contributed by atoms with Gasteiger partial charge in [-0.1, -0.05) is 0 Å². The summed E-state index contributed by atoms with van der Waals surface area (Å²) in [6.45, 7) is 2.53. The number of aliphatic carboxylic acids is 1. The molecule has 5 heteroatoms. The van der Waals surface area contributed by atoms with Gasteiger partial charge in [-0.3, -0.25) is 14.6 Å². The Morgan fingerprint density at radius 1 is 1.38 bits per heavy atom. The van der Waals surface area contributed by atoms with Crippen molar-refractivity contribution in [1.29, 1.82) is 0 Å². The first kappa shape index (κ1) is 15.5. The Labute approximate surface area is 125 Å². The van der Waals surface area contributed by atoms with Crippen LogP contribution in [0.3, 0.4) is 0 Å². The van der Waals surface area contributed by atoms with Gasteiger partial charge in [0.2, 0.25) is 5.91 Å². The minimum absolute atomic E-state index is 0.0329. The van der Waals surface area contributed by atoms with E-state index in [4.69, 9.17) is 0 Å². The van der Waals surface area contributed by atoms with Crippen LogP contribution in [0.25, 0.3) is 0 Å². The average Bonchev–Trinajstić information content (AvgIpc) is 2.48. The zero-order chi connectivity index (χ0) is 15.3. The number of aromatic nitrogens is 1.